The van der Waals surface area contributed by atoms with Crippen LogP contribution in [0.25, 0.3) is 22.3 Å². The van der Waals surface area contributed by atoms with Gasteiger partial charge in [0.25, 0.3) is 0 Å². The maximum Gasteiger partial charge on any atom is 0.170 e. The fourth-order valence-electron chi connectivity index (χ4n) is 2.98. The third-order valence-corrected chi connectivity index (χ3v) is 4.06. The normalized spacial score (nSPS) is 11.4. The Labute approximate surface area is 153 Å². The van der Waals surface area contributed by atoms with Crippen LogP contribution >= 0.6 is 0 Å². The SMILES string of the molecule is COc1cccc(-c2nn(C(C)C)c3ncnc(NC(C)C)c23)c1OC. The van der Waals surface area contributed by atoms with Gasteiger partial charge >= 0.3 is 0 Å². The summed E-state index contributed by atoms with van der Waals surface area (Å²) in [5.41, 5.74) is 2.41. The third kappa shape index (κ3) is 3.05. The summed E-state index contributed by atoms with van der Waals surface area (Å²) in [5.74, 6) is 2.06. The van der Waals surface area contributed by atoms with Crippen LogP contribution in [-0.4, -0.2) is 40.0 Å². The molecular formula is C19H25N5O2. The van der Waals surface area contributed by atoms with Gasteiger partial charge in [0, 0.05) is 17.6 Å². The van der Waals surface area contributed by atoms with E-state index in [1.165, 1.54) is 0 Å². The number of ether oxygens (including phenoxy) is 2. The van der Waals surface area contributed by atoms with Crippen LogP contribution in [0.15, 0.2) is 24.5 Å². The van der Waals surface area contributed by atoms with Crippen LogP contribution in [0.1, 0.15) is 33.7 Å². The molecule has 1 aromatic carbocycles. The number of rotatable bonds is 6. The topological polar surface area (TPSA) is 74.1 Å². The van der Waals surface area contributed by atoms with E-state index in [1.54, 1.807) is 20.5 Å². The Balaban J connectivity index is 2.36. The van der Waals surface area contributed by atoms with Crippen LogP contribution < -0.4 is 14.8 Å². The van der Waals surface area contributed by atoms with Crippen LogP contribution in [0.3, 0.4) is 0 Å². The van der Waals surface area contributed by atoms with Crippen LogP contribution in [0, 0.1) is 0 Å². The first kappa shape index (κ1) is 18.0. The van der Waals surface area contributed by atoms with Crippen molar-refractivity contribution in [2.24, 2.45) is 0 Å². The first-order valence-electron chi connectivity index (χ1n) is 8.69. The standard InChI is InChI=1S/C19H25N5O2/c1-11(2)22-18-15-16(13-8-7-9-14(25-5)17(13)26-6)23-24(12(3)4)19(15)21-10-20-18/h7-12H,1-6H3,(H,20,21,22). The van der Waals surface area contributed by atoms with Crippen molar-refractivity contribution in [3.63, 3.8) is 0 Å². The molecule has 0 saturated carbocycles. The van der Waals surface area contributed by atoms with Crippen molar-refractivity contribution in [3.8, 4) is 22.8 Å². The second-order valence-electron chi connectivity index (χ2n) is 6.65. The number of fused-ring (bicyclic) bond motifs is 1. The number of methoxy groups -OCH3 is 2. The number of nitrogens with one attached hydrogen (secondary N) is 1. The monoisotopic (exact) mass is 355 g/mol. The number of nitrogens with zero attached hydrogens (tertiary/aromatic N) is 4. The highest BCUT2D eigenvalue weighted by molar-refractivity contribution is 6.00. The van der Waals surface area contributed by atoms with E-state index in [1.807, 2.05) is 22.9 Å². The predicted octanol–water partition coefficient (Wildman–Crippen LogP) is 3.91. The maximum atomic E-state index is 5.63. The Morgan fingerprint density at radius 2 is 1.81 bits per heavy atom. The molecule has 0 atom stereocenters. The van der Waals surface area contributed by atoms with Gasteiger partial charge in [-0.3, -0.25) is 0 Å². The van der Waals surface area contributed by atoms with E-state index >= 15 is 0 Å². The highest BCUT2D eigenvalue weighted by Crippen LogP contribution is 2.41. The van der Waals surface area contributed by atoms with E-state index in [0.717, 1.165) is 28.1 Å². The molecule has 0 amide bonds. The van der Waals surface area contributed by atoms with Crippen molar-refractivity contribution >= 4 is 16.9 Å². The van der Waals surface area contributed by atoms with E-state index in [4.69, 9.17) is 14.6 Å². The molecule has 7 nitrogen and oxygen atoms in total. The van der Waals surface area contributed by atoms with E-state index in [-0.39, 0.29) is 12.1 Å². The molecule has 7 heteroatoms. The summed E-state index contributed by atoms with van der Waals surface area (Å²) in [6, 6.07) is 6.16. The molecule has 0 unspecified atom stereocenters. The lowest BCUT2D eigenvalue weighted by Gasteiger charge is -2.13. The number of aromatic nitrogens is 4. The van der Waals surface area contributed by atoms with Crippen molar-refractivity contribution < 1.29 is 9.47 Å². The minimum absolute atomic E-state index is 0.157. The van der Waals surface area contributed by atoms with Crippen molar-refractivity contribution in [3.05, 3.63) is 24.5 Å². The predicted molar refractivity (Wildman–Crippen MR) is 103 cm³/mol. The highest BCUT2D eigenvalue weighted by Gasteiger charge is 2.23. The zero-order chi connectivity index (χ0) is 18.8. The van der Waals surface area contributed by atoms with E-state index in [9.17, 15) is 0 Å². The number of hydrogen-bond acceptors (Lipinski definition) is 6. The molecule has 26 heavy (non-hydrogen) atoms. The number of para-hydroxylation sites is 1. The number of anilines is 1. The van der Waals surface area contributed by atoms with E-state index in [2.05, 4.69) is 43.0 Å². The smallest absolute Gasteiger partial charge is 0.170 e. The summed E-state index contributed by atoms with van der Waals surface area (Å²) >= 11 is 0. The van der Waals surface area contributed by atoms with Gasteiger partial charge in [0.05, 0.1) is 19.6 Å². The van der Waals surface area contributed by atoms with Crippen molar-refractivity contribution in [1.82, 2.24) is 19.7 Å². The number of benzene rings is 1. The zero-order valence-electron chi connectivity index (χ0n) is 16.1. The van der Waals surface area contributed by atoms with Crippen molar-refractivity contribution in [2.45, 2.75) is 39.8 Å². The van der Waals surface area contributed by atoms with E-state index in [0.29, 0.717) is 11.5 Å². The van der Waals surface area contributed by atoms with Gasteiger partial charge < -0.3 is 14.8 Å². The lowest BCUT2D eigenvalue weighted by molar-refractivity contribution is 0.356. The Bertz CT molecular complexity index is 918. The molecule has 1 N–H and O–H groups in total. The summed E-state index contributed by atoms with van der Waals surface area (Å²) in [7, 11) is 3.26. The highest BCUT2D eigenvalue weighted by atomic mass is 16.5. The Hall–Kier alpha value is -2.83. The third-order valence-electron chi connectivity index (χ3n) is 4.06. The summed E-state index contributed by atoms with van der Waals surface area (Å²) in [6.07, 6.45) is 1.57. The largest absolute Gasteiger partial charge is 0.493 e. The Morgan fingerprint density at radius 1 is 1.04 bits per heavy atom. The van der Waals surface area contributed by atoms with Gasteiger partial charge in [-0.2, -0.15) is 5.10 Å². The van der Waals surface area contributed by atoms with Crippen LogP contribution in [-0.2, 0) is 0 Å². The molecule has 0 fully saturated rings. The molecule has 0 spiro atoms. The fraction of sp³-hybridized carbons (Fsp3) is 0.421. The average molecular weight is 355 g/mol. The van der Waals surface area contributed by atoms with E-state index < -0.39 is 0 Å². The molecule has 0 radical (unpaired) electrons. The Kier molecular flexibility index (Phi) is 4.97. The lowest BCUT2D eigenvalue weighted by atomic mass is 10.1. The fourth-order valence-corrected chi connectivity index (χ4v) is 2.98. The molecule has 2 aromatic heterocycles. The molecular weight excluding hydrogens is 330 g/mol. The van der Waals surface area contributed by atoms with Crippen LogP contribution in [0.4, 0.5) is 5.82 Å². The van der Waals surface area contributed by atoms with Gasteiger partial charge in [0.15, 0.2) is 17.1 Å². The second-order valence-corrected chi connectivity index (χ2v) is 6.65. The minimum atomic E-state index is 0.157. The summed E-state index contributed by atoms with van der Waals surface area (Å²) < 4.78 is 13.0. The van der Waals surface area contributed by atoms with Crippen LogP contribution in [0.2, 0.25) is 0 Å². The van der Waals surface area contributed by atoms with Crippen molar-refractivity contribution in [1.29, 1.82) is 0 Å². The average Bonchev–Trinajstić information content (AvgIpc) is 3.01. The molecule has 0 aliphatic heterocycles. The number of hydrogen-bond donors (Lipinski definition) is 1. The Morgan fingerprint density at radius 3 is 2.42 bits per heavy atom. The summed E-state index contributed by atoms with van der Waals surface area (Å²) in [5, 5.41) is 9.13. The van der Waals surface area contributed by atoms with Gasteiger partial charge in [-0.05, 0) is 39.8 Å². The van der Waals surface area contributed by atoms with Gasteiger partial charge in [-0.1, -0.05) is 6.07 Å². The molecule has 138 valence electrons. The molecule has 0 aliphatic carbocycles. The lowest BCUT2D eigenvalue weighted by Crippen LogP contribution is -2.12. The van der Waals surface area contributed by atoms with Gasteiger partial charge in [0.1, 0.15) is 17.8 Å². The maximum absolute atomic E-state index is 5.63. The quantitative estimate of drug-likeness (QED) is 0.722. The zero-order valence-corrected chi connectivity index (χ0v) is 16.1. The molecule has 3 rings (SSSR count). The van der Waals surface area contributed by atoms with Crippen LogP contribution in [0.5, 0.6) is 11.5 Å². The summed E-state index contributed by atoms with van der Waals surface area (Å²) in [4.78, 5) is 8.95. The van der Waals surface area contributed by atoms with Gasteiger partial charge in [0.2, 0.25) is 0 Å². The first-order valence-corrected chi connectivity index (χ1v) is 8.69. The minimum Gasteiger partial charge on any atom is -0.493 e. The second kappa shape index (κ2) is 7.19. The first-order chi connectivity index (χ1) is 12.5. The molecule has 0 bridgehead atoms. The molecule has 2 heterocycles. The van der Waals surface area contributed by atoms with Gasteiger partial charge in [-0.15, -0.1) is 0 Å². The van der Waals surface area contributed by atoms with Gasteiger partial charge in [-0.25, -0.2) is 14.6 Å². The molecule has 0 saturated heterocycles. The summed E-state index contributed by atoms with van der Waals surface area (Å²) in [6.45, 7) is 8.31. The molecule has 0 aliphatic rings. The van der Waals surface area contributed by atoms with Crippen molar-refractivity contribution in [2.75, 3.05) is 19.5 Å². The molecule has 3 aromatic rings.